The van der Waals surface area contributed by atoms with Crippen molar-refractivity contribution in [2.45, 2.75) is 45.1 Å². The van der Waals surface area contributed by atoms with E-state index in [1.54, 1.807) is 11.7 Å². The standard InChI is InChI=1S/C25H32N6O3/c1-17-15-22(30(3)28-17)25(34)29(2)21(16-18-7-5-4-6-8-18)19-11-13-31(14-12-19)24(33)20-9-10-23(32)27-26-20/h4-8,15,19,21H,9-14,16H2,1-3H3,(H,27,32)/t21-/m0/s1. The molecule has 9 heteroatoms. The number of hydrogen-bond donors (Lipinski definition) is 1. The quantitative estimate of drug-likeness (QED) is 0.706. The summed E-state index contributed by atoms with van der Waals surface area (Å²) in [6, 6.07) is 12.0. The van der Waals surface area contributed by atoms with Crippen LogP contribution in [0.15, 0.2) is 41.5 Å². The average Bonchev–Trinajstić information content (AvgIpc) is 3.20. The molecule has 1 fully saturated rings. The van der Waals surface area contributed by atoms with Crippen molar-refractivity contribution >= 4 is 23.4 Å². The lowest BCUT2D eigenvalue weighted by Crippen LogP contribution is -2.50. The van der Waals surface area contributed by atoms with E-state index in [0.717, 1.165) is 25.0 Å². The van der Waals surface area contributed by atoms with Crippen molar-refractivity contribution in [1.82, 2.24) is 25.0 Å². The predicted octanol–water partition coefficient (Wildman–Crippen LogP) is 1.92. The molecule has 0 saturated carbocycles. The van der Waals surface area contributed by atoms with Gasteiger partial charge in [0.2, 0.25) is 5.91 Å². The van der Waals surface area contributed by atoms with E-state index >= 15 is 0 Å². The molecule has 0 unspecified atom stereocenters. The van der Waals surface area contributed by atoms with Gasteiger partial charge in [-0.25, -0.2) is 5.43 Å². The average molecular weight is 465 g/mol. The Morgan fingerprint density at radius 1 is 1.18 bits per heavy atom. The Hall–Kier alpha value is -3.49. The summed E-state index contributed by atoms with van der Waals surface area (Å²) in [5.74, 6) is -0.0569. The number of nitrogens with one attached hydrogen (secondary N) is 1. The molecule has 4 rings (SSSR count). The number of likely N-dealkylation sites (N-methyl/N-ethyl adjacent to an activating group) is 1. The topological polar surface area (TPSA) is 99.9 Å². The lowest BCUT2D eigenvalue weighted by atomic mass is 9.84. The van der Waals surface area contributed by atoms with Crippen LogP contribution in [-0.4, -0.2) is 69.2 Å². The molecule has 1 N–H and O–H groups in total. The molecular formula is C25H32N6O3. The van der Waals surface area contributed by atoms with Crippen molar-refractivity contribution in [3.63, 3.8) is 0 Å². The highest BCUT2D eigenvalue weighted by Crippen LogP contribution is 2.28. The molecule has 0 bridgehead atoms. The minimum atomic E-state index is -0.157. The van der Waals surface area contributed by atoms with Crippen molar-refractivity contribution in [1.29, 1.82) is 0 Å². The minimum Gasteiger partial charge on any atom is -0.338 e. The Bertz CT molecular complexity index is 1090. The molecular weight excluding hydrogens is 432 g/mol. The normalized spacial score (nSPS) is 17.7. The fourth-order valence-electron chi connectivity index (χ4n) is 4.92. The Balaban J connectivity index is 1.48. The smallest absolute Gasteiger partial charge is 0.272 e. The molecule has 1 aromatic heterocycles. The van der Waals surface area contributed by atoms with Crippen LogP contribution in [0.3, 0.4) is 0 Å². The van der Waals surface area contributed by atoms with Crippen molar-refractivity contribution in [3.8, 4) is 0 Å². The monoisotopic (exact) mass is 464 g/mol. The number of aromatic nitrogens is 2. The third kappa shape index (κ3) is 5.18. The summed E-state index contributed by atoms with van der Waals surface area (Å²) < 4.78 is 1.64. The van der Waals surface area contributed by atoms with Gasteiger partial charge in [-0.05, 0) is 43.7 Å². The third-order valence-corrected chi connectivity index (χ3v) is 6.85. The Morgan fingerprint density at radius 3 is 2.47 bits per heavy atom. The number of benzene rings is 1. The van der Waals surface area contributed by atoms with E-state index in [9.17, 15) is 14.4 Å². The maximum Gasteiger partial charge on any atom is 0.272 e. The number of hydrogen-bond acceptors (Lipinski definition) is 5. The zero-order valence-corrected chi connectivity index (χ0v) is 20.0. The number of likely N-dealkylation sites (tertiary alicyclic amines) is 1. The van der Waals surface area contributed by atoms with Crippen molar-refractivity contribution < 1.29 is 14.4 Å². The molecule has 0 aliphatic carbocycles. The van der Waals surface area contributed by atoms with Gasteiger partial charge in [0, 0.05) is 46.1 Å². The third-order valence-electron chi connectivity index (χ3n) is 6.85. The molecule has 3 heterocycles. The molecule has 9 nitrogen and oxygen atoms in total. The fourth-order valence-corrected chi connectivity index (χ4v) is 4.92. The van der Waals surface area contributed by atoms with E-state index in [1.807, 2.05) is 48.0 Å². The lowest BCUT2D eigenvalue weighted by Gasteiger charge is -2.40. The molecule has 0 radical (unpaired) electrons. The largest absolute Gasteiger partial charge is 0.338 e. The maximum atomic E-state index is 13.4. The summed E-state index contributed by atoms with van der Waals surface area (Å²) in [5, 5.41) is 8.29. The first-order valence-corrected chi connectivity index (χ1v) is 11.8. The summed E-state index contributed by atoms with van der Waals surface area (Å²) in [6.45, 7) is 3.09. The van der Waals surface area contributed by atoms with Gasteiger partial charge >= 0.3 is 0 Å². The second-order valence-electron chi connectivity index (χ2n) is 9.19. The van der Waals surface area contributed by atoms with Crippen LogP contribution in [0.1, 0.15) is 47.4 Å². The highest BCUT2D eigenvalue weighted by atomic mass is 16.2. The van der Waals surface area contributed by atoms with Gasteiger partial charge in [-0.3, -0.25) is 19.1 Å². The first-order valence-electron chi connectivity index (χ1n) is 11.8. The van der Waals surface area contributed by atoms with Crippen LogP contribution in [0, 0.1) is 12.8 Å². The van der Waals surface area contributed by atoms with Crippen molar-refractivity contribution in [2.24, 2.45) is 18.1 Å². The maximum absolute atomic E-state index is 13.4. The van der Waals surface area contributed by atoms with Crippen molar-refractivity contribution in [2.75, 3.05) is 20.1 Å². The fraction of sp³-hybridized carbons (Fsp3) is 0.480. The van der Waals surface area contributed by atoms with Crippen LogP contribution in [0.25, 0.3) is 0 Å². The van der Waals surface area contributed by atoms with Gasteiger partial charge in [0.1, 0.15) is 11.4 Å². The molecule has 1 atom stereocenters. The zero-order valence-electron chi connectivity index (χ0n) is 20.0. The van der Waals surface area contributed by atoms with Gasteiger partial charge in [-0.1, -0.05) is 30.3 Å². The Labute approximate surface area is 199 Å². The molecule has 34 heavy (non-hydrogen) atoms. The highest BCUT2D eigenvalue weighted by Gasteiger charge is 2.35. The zero-order chi connectivity index (χ0) is 24.2. The molecule has 2 aliphatic rings. The Morgan fingerprint density at radius 2 is 1.88 bits per heavy atom. The molecule has 1 saturated heterocycles. The van der Waals surface area contributed by atoms with Gasteiger partial charge in [0.05, 0.1) is 5.69 Å². The summed E-state index contributed by atoms with van der Waals surface area (Å²) >= 11 is 0. The molecule has 0 spiro atoms. The molecule has 1 aromatic carbocycles. The second kappa shape index (κ2) is 10.2. The number of hydrazone groups is 1. The highest BCUT2D eigenvalue weighted by molar-refractivity contribution is 6.39. The number of rotatable bonds is 6. The lowest BCUT2D eigenvalue weighted by molar-refractivity contribution is -0.126. The van der Waals surface area contributed by atoms with Gasteiger partial charge in [0.25, 0.3) is 11.8 Å². The summed E-state index contributed by atoms with van der Waals surface area (Å²) in [7, 11) is 3.66. The van der Waals surface area contributed by atoms with Crippen LogP contribution >= 0.6 is 0 Å². The van der Waals surface area contributed by atoms with Crippen LogP contribution in [0.4, 0.5) is 0 Å². The van der Waals surface area contributed by atoms with E-state index in [-0.39, 0.29) is 29.7 Å². The van der Waals surface area contributed by atoms with Gasteiger partial charge < -0.3 is 9.80 Å². The first-order chi connectivity index (χ1) is 16.3. The van der Waals surface area contributed by atoms with Crippen LogP contribution in [-0.2, 0) is 23.1 Å². The number of aryl methyl sites for hydroxylation is 2. The Kier molecular flexibility index (Phi) is 7.09. The number of amides is 3. The summed E-state index contributed by atoms with van der Waals surface area (Å²) in [4.78, 5) is 41.3. The van der Waals surface area contributed by atoms with Gasteiger partial charge in [-0.2, -0.15) is 10.2 Å². The van der Waals surface area contributed by atoms with Crippen LogP contribution < -0.4 is 5.43 Å². The van der Waals surface area contributed by atoms with Crippen molar-refractivity contribution in [3.05, 3.63) is 53.3 Å². The predicted molar refractivity (Wildman–Crippen MR) is 128 cm³/mol. The number of carbonyl (C=O) groups excluding carboxylic acids is 3. The molecule has 3 amide bonds. The second-order valence-corrected chi connectivity index (χ2v) is 9.19. The van der Waals surface area contributed by atoms with E-state index in [2.05, 4.69) is 27.8 Å². The SMILES string of the molecule is Cc1cc(C(=O)N(C)[C@@H](Cc2ccccc2)C2CCN(C(=O)C3=NNC(=O)CC3)CC2)n(C)n1. The first kappa shape index (κ1) is 23.7. The molecule has 2 aliphatic heterocycles. The van der Waals surface area contributed by atoms with E-state index in [0.29, 0.717) is 37.3 Å². The van der Waals surface area contributed by atoms with E-state index in [4.69, 9.17) is 0 Å². The molecule has 2 aromatic rings. The summed E-state index contributed by atoms with van der Waals surface area (Å²) in [6.07, 6.45) is 3.01. The number of nitrogens with zero attached hydrogens (tertiary/aromatic N) is 5. The van der Waals surface area contributed by atoms with Crippen LogP contribution in [0.2, 0.25) is 0 Å². The number of piperidine rings is 1. The minimum absolute atomic E-state index is 0.00586. The number of carbonyl (C=O) groups is 3. The van der Waals surface area contributed by atoms with E-state index < -0.39 is 0 Å². The van der Waals surface area contributed by atoms with Gasteiger partial charge in [-0.15, -0.1) is 0 Å². The van der Waals surface area contributed by atoms with E-state index in [1.165, 1.54) is 5.56 Å². The van der Waals surface area contributed by atoms with Gasteiger partial charge in [0.15, 0.2) is 0 Å². The molecule has 180 valence electrons. The summed E-state index contributed by atoms with van der Waals surface area (Å²) in [5.41, 5.74) is 5.38. The van der Waals surface area contributed by atoms with Crippen LogP contribution in [0.5, 0.6) is 0 Å².